The number of aromatic amines is 1. The molecule has 0 saturated carbocycles. The third-order valence-electron chi connectivity index (χ3n) is 6.93. The second-order valence-electron chi connectivity index (χ2n) is 9.32. The molecule has 4 rings (SSSR count). The third kappa shape index (κ3) is 5.26. The van der Waals surface area contributed by atoms with Crippen molar-refractivity contribution >= 4 is 34.3 Å². The van der Waals surface area contributed by atoms with Gasteiger partial charge in [-0.15, -0.1) is 0 Å². The molecule has 0 radical (unpaired) electrons. The summed E-state index contributed by atoms with van der Waals surface area (Å²) in [6, 6.07) is 9.46. The van der Waals surface area contributed by atoms with Crippen LogP contribution in [0.3, 0.4) is 0 Å². The van der Waals surface area contributed by atoms with Crippen molar-refractivity contribution in [3.8, 4) is 11.5 Å². The van der Waals surface area contributed by atoms with Crippen molar-refractivity contribution in [2.75, 3.05) is 32.2 Å². The summed E-state index contributed by atoms with van der Waals surface area (Å²) in [7, 11) is 3.25. The molecule has 0 fully saturated rings. The van der Waals surface area contributed by atoms with Crippen LogP contribution < -0.4 is 25.0 Å². The number of carbonyl (C=O) groups excluding carboxylic acids is 3. The highest BCUT2D eigenvalue weighted by Gasteiger charge is 2.43. The van der Waals surface area contributed by atoms with Crippen LogP contribution in [0, 0.1) is 0 Å². The largest absolute Gasteiger partial charge is 0.497 e. The van der Waals surface area contributed by atoms with Gasteiger partial charge in [-0.3, -0.25) is 14.4 Å². The highest BCUT2D eigenvalue weighted by molar-refractivity contribution is 5.96. The number of nitrogens with zero attached hydrogens (tertiary/aromatic N) is 1. The predicted molar refractivity (Wildman–Crippen MR) is 142 cm³/mol. The third-order valence-corrected chi connectivity index (χ3v) is 6.93. The van der Waals surface area contributed by atoms with Crippen molar-refractivity contribution in [1.29, 1.82) is 0 Å². The molecule has 9 heteroatoms. The van der Waals surface area contributed by atoms with E-state index in [1.165, 1.54) is 13.8 Å². The first-order chi connectivity index (χ1) is 17.7. The van der Waals surface area contributed by atoms with Gasteiger partial charge in [0.1, 0.15) is 11.5 Å². The predicted octanol–water partition coefficient (Wildman–Crippen LogP) is 3.58. The van der Waals surface area contributed by atoms with Gasteiger partial charge in [0.15, 0.2) is 0 Å². The number of nitrogens with one attached hydrogen (secondary N) is 3. The number of hydrogen-bond acceptors (Lipinski definition) is 5. The summed E-state index contributed by atoms with van der Waals surface area (Å²) < 4.78 is 11.4. The summed E-state index contributed by atoms with van der Waals surface area (Å²) in [6.07, 6.45) is 3.25. The maximum absolute atomic E-state index is 13.1. The molecule has 2 unspecified atom stereocenters. The van der Waals surface area contributed by atoms with E-state index in [0.717, 1.165) is 33.3 Å². The summed E-state index contributed by atoms with van der Waals surface area (Å²) in [4.78, 5) is 41.1. The number of benzene rings is 2. The molecule has 3 amide bonds. The average molecular weight is 507 g/mol. The first kappa shape index (κ1) is 26.1. The maximum Gasteiger partial charge on any atom is 0.224 e. The van der Waals surface area contributed by atoms with E-state index in [4.69, 9.17) is 9.47 Å². The number of H-pyrrole nitrogens is 1. The lowest BCUT2D eigenvalue weighted by Crippen LogP contribution is -2.32. The molecule has 9 nitrogen and oxygen atoms in total. The van der Waals surface area contributed by atoms with Gasteiger partial charge in [0.2, 0.25) is 17.7 Å². The van der Waals surface area contributed by atoms with Crippen LogP contribution in [0.15, 0.2) is 36.5 Å². The Morgan fingerprint density at radius 2 is 1.68 bits per heavy atom. The molecule has 196 valence electrons. The molecule has 2 aromatic carbocycles. The van der Waals surface area contributed by atoms with Gasteiger partial charge in [-0.1, -0.05) is 0 Å². The Morgan fingerprint density at radius 1 is 0.946 bits per heavy atom. The molecule has 1 aliphatic heterocycles. The van der Waals surface area contributed by atoms with Gasteiger partial charge >= 0.3 is 0 Å². The Hall–Kier alpha value is -4.01. The molecule has 0 bridgehead atoms. The number of carbonyl (C=O) groups is 3. The van der Waals surface area contributed by atoms with Gasteiger partial charge in [0.25, 0.3) is 0 Å². The van der Waals surface area contributed by atoms with Crippen LogP contribution in [-0.4, -0.2) is 50.0 Å². The second-order valence-corrected chi connectivity index (χ2v) is 9.32. The number of hydrogen-bond donors (Lipinski definition) is 3. The molecule has 0 spiro atoms. The van der Waals surface area contributed by atoms with Crippen LogP contribution in [0.1, 0.15) is 55.8 Å². The number of fused-ring (bicyclic) bond motifs is 2. The van der Waals surface area contributed by atoms with Crippen molar-refractivity contribution in [2.45, 2.75) is 45.6 Å². The molecule has 1 aliphatic rings. The van der Waals surface area contributed by atoms with E-state index in [2.05, 4.69) is 15.6 Å². The summed E-state index contributed by atoms with van der Waals surface area (Å²) in [5.74, 6) is 1.05. The number of ether oxygens (including phenoxy) is 2. The summed E-state index contributed by atoms with van der Waals surface area (Å²) in [5, 5.41) is 6.74. The molecule has 1 aromatic heterocycles. The summed E-state index contributed by atoms with van der Waals surface area (Å²) in [6.45, 7) is 5.57. The molecule has 37 heavy (non-hydrogen) atoms. The molecule has 3 N–H and O–H groups in total. The number of rotatable bonds is 9. The zero-order valence-electron chi connectivity index (χ0n) is 21.9. The quantitative estimate of drug-likeness (QED) is 0.411. The normalized spacial score (nSPS) is 16.4. The van der Waals surface area contributed by atoms with E-state index < -0.39 is 0 Å². The first-order valence-electron chi connectivity index (χ1n) is 12.4. The topological polar surface area (TPSA) is 113 Å². The monoisotopic (exact) mass is 506 g/mol. The Bertz CT molecular complexity index is 1330. The van der Waals surface area contributed by atoms with Crippen LogP contribution in [0.4, 0.5) is 5.69 Å². The Balaban J connectivity index is 1.81. The second kappa shape index (κ2) is 10.9. The minimum absolute atomic E-state index is 0.0632. The van der Waals surface area contributed by atoms with Crippen molar-refractivity contribution in [1.82, 2.24) is 15.6 Å². The standard InChI is InChI=1S/C28H34N4O5/c1-16(33)29-10-8-19-15-31-25-13-24(27(37-5)14-22(19)25)28-21(9-11-30-17(2)34)23-12-20(36-4)6-7-26(23)32(28)18(3)35/h6-7,12-15,21,28,31H,8-11H2,1-5H3,(H,29,33)(H,30,34). The molecular formula is C28H34N4O5. The van der Waals surface area contributed by atoms with Crippen molar-refractivity contribution in [2.24, 2.45) is 0 Å². The zero-order chi connectivity index (χ0) is 26.7. The van der Waals surface area contributed by atoms with Crippen LogP contribution >= 0.6 is 0 Å². The molecule has 3 aromatic rings. The number of anilines is 1. The minimum Gasteiger partial charge on any atom is -0.497 e. The summed E-state index contributed by atoms with van der Waals surface area (Å²) >= 11 is 0. The fourth-order valence-electron chi connectivity index (χ4n) is 5.33. The highest BCUT2D eigenvalue weighted by Crippen LogP contribution is 2.53. The highest BCUT2D eigenvalue weighted by atomic mass is 16.5. The van der Waals surface area contributed by atoms with Crippen LogP contribution in [0.25, 0.3) is 10.9 Å². The molecular weight excluding hydrogens is 472 g/mol. The lowest BCUT2D eigenvalue weighted by atomic mass is 9.86. The van der Waals surface area contributed by atoms with Crippen molar-refractivity contribution < 1.29 is 23.9 Å². The number of amides is 3. The summed E-state index contributed by atoms with van der Waals surface area (Å²) in [5.41, 5.74) is 4.69. The average Bonchev–Trinajstić information content (AvgIpc) is 3.40. The molecule has 2 atom stereocenters. The van der Waals surface area contributed by atoms with E-state index >= 15 is 0 Å². The van der Waals surface area contributed by atoms with E-state index in [0.29, 0.717) is 37.4 Å². The van der Waals surface area contributed by atoms with Crippen LogP contribution in [0.5, 0.6) is 11.5 Å². The van der Waals surface area contributed by atoms with Crippen LogP contribution in [0.2, 0.25) is 0 Å². The van der Waals surface area contributed by atoms with E-state index in [9.17, 15) is 14.4 Å². The molecule has 2 heterocycles. The number of aromatic nitrogens is 1. The van der Waals surface area contributed by atoms with Gasteiger partial charge in [-0.25, -0.2) is 0 Å². The fourth-order valence-corrected chi connectivity index (χ4v) is 5.33. The maximum atomic E-state index is 13.1. The smallest absolute Gasteiger partial charge is 0.224 e. The van der Waals surface area contributed by atoms with Gasteiger partial charge in [-0.05, 0) is 54.3 Å². The zero-order valence-corrected chi connectivity index (χ0v) is 21.9. The van der Waals surface area contributed by atoms with Gasteiger partial charge in [0.05, 0.1) is 20.3 Å². The molecule has 0 aliphatic carbocycles. The first-order valence-corrected chi connectivity index (χ1v) is 12.4. The van der Waals surface area contributed by atoms with E-state index in [-0.39, 0.29) is 29.7 Å². The van der Waals surface area contributed by atoms with Gasteiger partial charge in [-0.2, -0.15) is 0 Å². The van der Waals surface area contributed by atoms with E-state index in [1.54, 1.807) is 21.1 Å². The van der Waals surface area contributed by atoms with Crippen LogP contribution in [-0.2, 0) is 20.8 Å². The van der Waals surface area contributed by atoms with Crippen molar-refractivity contribution in [3.63, 3.8) is 0 Å². The minimum atomic E-state index is -0.334. The lowest BCUT2D eigenvalue weighted by molar-refractivity contribution is -0.119. The van der Waals surface area contributed by atoms with Crippen molar-refractivity contribution in [3.05, 3.63) is 53.2 Å². The Labute approximate surface area is 216 Å². The van der Waals surface area contributed by atoms with E-state index in [1.807, 2.05) is 41.4 Å². The lowest BCUT2D eigenvalue weighted by Gasteiger charge is -2.30. The fraction of sp³-hybridized carbons (Fsp3) is 0.393. The SMILES string of the molecule is COc1ccc2c(c1)C(CCNC(C)=O)C(c1cc3[nH]cc(CCNC(C)=O)c3cc1OC)N2C(C)=O. The van der Waals surface area contributed by atoms with Gasteiger partial charge < -0.3 is 30.0 Å². The number of methoxy groups -OCH3 is 2. The van der Waals surface area contributed by atoms with Gasteiger partial charge in [0, 0.05) is 68.1 Å². The Kier molecular flexibility index (Phi) is 7.71. The molecule has 0 saturated heterocycles. The Morgan fingerprint density at radius 3 is 2.32 bits per heavy atom.